The van der Waals surface area contributed by atoms with Crippen LogP contribution in [0.5, 0.6) is 0 Å². The first-order valence-electron chi connectivity index (χ1n) is 8.20. The Morgan fingerprint density at radius 2 is 2.15 bits per heavy atom. The van der Waals surface area contributed by atoms with Gasteiger partial charge >= 0.3 is 0 Å². The van der Waals surface area contributed by atoms with Gasteiger partial charge in [-0.2, -0.15) is 0 Å². The van der Waals surface area contributed by atoms with Crippen molar-refractivity contribution in [2.24, 2.45) is 10.8 Å². The Kier molecular flexibility index (Phi) is 7.07. The number of hydrogen-bond acceptors (Lipinski definition) is 4. The molecule has 27 heavy (non-hydrogen) atoms. The first-order valence-corrected chi connectivity index (χ1v) is 8.58. The highest BCUT2D eigenvalue weighted by molar-refractivity contribution is 6.32. The molecular weight excluding hydrogens is 372 g/mol. The number of nitrogens with zero attached hydrogens (tertiary/aromatic N) is 3. The summed E-state index contributed by atoms with van der Waals surface area (Å²) in [7, 11) is 0. The molecule has 0 spiro atoms. The predicted molar refractivity (Wildman–Crippen MR) is 104 cm³/mol. The number of anilines is 2. The van der Waals surface area contributed by atoms with Gasteiger partial charge in [-0.15, -0.1) is 0 Å². The van der Waals surface area contributed by atoms with Gasteiger partial charge in [0.05, 0.1) is 23.1 Å². The topological polar surface area (TPSA) is 136 Å². The second-order valence-corrected chi connectivity index (χ2v) is 6.00. The van der Waals surface area contributed by atoms with Gasteiger partial charge in [0.2, 0.25) is 0 Å². The van der Waals surface area contributed by atoms with Crippen LogP contribution < -0.4 is 16.4 Å². The Morgan fingerprint density at radius 1 is 1.37 bits per heavy atom. The van der Waals surface area contributed by atoms with Crippen molar-refractivity contribution in [1.29, 1.82) is 0 Å². The van der Waals surface area contributed by atoms with E-state index in [0.717, 1.165) is 12.8 Å². The minimum Gasteiger partial charge on any atom is -0.366 e. The van der Waals surface area contributed by atoms with Crippen molar-refractivity contribution in [3.8, 4) is 0 Å². The van der Waals surface area contributed by atoms with Gasteiger partial charge < -0.3 is 16.4 Å². The van der Waals surface area contributed by atoms with E-state index in [0.29, 0.717) is 28.4 Å². The number of halogens is 1. The van der Waals surface area contributed by atoms with E-state index in [2.05, 4.69) is 20.7 Å². The number of hydrogen-bond donors (Lipinski definition) is 3. The molecule has 0 aliphatic rings. The van der Waals surface area contributed by atoms with Gasteiger partial charge in [0.25, 0.3) is 11.9 Å². The fourth-order valence-corrected chi connectivity index (χ4v) is 2.68. The van der Waals surface area contributed by atoms with Gasteiger partial charge in [-0.25, -0.2) is 10.1 Å². The highest BCUT2D eigenvalue weighted by Gasteiger charge is 2.19. The van der Waals surface area contributed by atoms with Gasteiger partial charge in [0.1, 0.15) is 5.10 Å². The van der Waals surface area contributed by atoms with Gasteiger partial charge in [-0.3, -0.25) is 9.78 Å². The summed E-state index contributed by atoms with van der Waals surface area (Å²) in [6, 6.07) is 6.37. The monoisotopic (exact) mass is 390 g/mol. The highest BCUT2D eigenvalue weighted by atomic mass is 35.5. The van der Waals surface area contributed by atoms with Crippen LogP contribution in [0, 0.1) is 10.1 Å². The number of carbonyl (C=O) groups is 1. The maximum atomic E-state index is 11.9. The summed E-state index contributed by atoms with van der Waals surface area (Å²) in [5.74, 6) is -0.885. The number of guanidine groups is 1. The number of carbonyl (C=O) groups excluding carboxylic acids is 1. The Morgan fingerprint density at radius 3 is 2.74 bits per heavy atom. The second-order valence-electron chi connectivity index (χ2n) is 5.59. The SMILES string of the molecule is CCCCc1c(Cl)ccc(C(N)=O)c1N/C(=N/[N+](=O)[O-])Nc1cccnc1. The van der Waals surface area contributed by atoms with Crippen LogP contribution >= 0.6 is 11.6 Å². The van der Waals surface area contributed by atoms with Crippen molar-refractivity contribution in [3.63, 3.8) is 0 Å². The molecule has 2 rings (SSSR count). The van der Waals surface area contributed by atoms with Gasteiger partial charge in [0, 0.05) is 11.2 Å². The normalized spacial score (nSPS) is 11.1. The molecule has 1 aromatic heterocycles. The summed E-state index contributed by atoms with van der Waals surface area (Å²) in [5.41, 5.74) is 7.03. The van der Waals surface area contributed by atoms with E-state index in [1.54, 1.807) is 24.4 Å². The summed E-state index contributed by atoms with van der Waals surface area (Å²) in [6.45, 7) is 2.02. The van der Waals surface area contributed by atoms with E-state index in [4.69, 9.17) is 17.3 Å². The third kappa shape index (κ3) is 5.65. The number of primary amides is 1. The Bertz CT molecular complexity index is 857. The molecule has 142 valence electrons. The smallest absolute Gasteiger partial charge is 0.277 e. The lowest BCUT2D eigenvalue weighted by molar-refractivity contribution is -0.484. The molecule has 0 aliphatic carbocycles. The number of pyridine rings is 1. The van der Waals surface area contributed by atoms with Crippen LogP contribution in [0.15, 0.2) is 41.8 Å². The second kappa shape index (κ2) is 9.48. The van der Waals surface area contributed by atoms with E-state index in [-0.39, 0.29) is 11.5 Å². The molecular formula is C17H19ClN6O3. The molecule has 4 N–H and O–H groups in total. The molecule has 2 aromatic rings. The van der Waals surface area contributed by atoms with Crippen LogP contribution in [0.25, 0.3) is 0 Å². The third-order valence-corrected chi connectivity index (χ3v) is 4.00. The van der Waals surface area contributed by atoms with Crippen LogP contribution in [-0.4, -0.2) is 21.9 Å². The number of nitrogens with one attached hydrogen (secondary N) is 2. The first-order chi connectivity index (χ1) is 12.9. The molecule has 9 nitrogen and oxygen atoms in total. The maximum absolute atomic E-state index is 11.9. The molecule has 0 fully saturated rings. The van der Waals surface area contributed by atoms with E-state index < -0.39 is 10.9 Å². The first kappa shape index (κ1) is 20.1. The van der Waals surface area contributed by atoms with Crippen LogP contribution in [0.1, 0.15) is 35.7 Å². The number of aromatic nitrogens is 1. The number of amides is 1. The molecule has 0 saturated heterocycles. The molecule has 1 amide bonds. The number of rotatable bonds is 7. The lowest BCUT2D eigenvalue weighted by atomic mass is 10.0. The standard InChI is InChI=1S/C17H19ClN6O3/c1-2-3-6-12-14(18)8-7-13(16(19)25)15(12)22-17(23-24(26)27)21-11-5-4-9-20-10-11/h4-5,7-10H,2-3,6H2,1H3,(H2,19,25)(H2,21,22,23). The summed E-state index contributed by atoms with van der Waals surface area (Å²) in [4.78, 5) is 26.7. The quantitative estimate of drug-likeness (QED) is 0.287. The molecule has 0 atom stereocenters. The third-order valence-electron chi connectivity index (χ3n) is 3.65. The molecule has 1 heterocycles. The van der Waals surface area contributed by atoms with E-state index in [9.17, 15) is 14.9 Å². The predicted octanol–water partition coefficient (Wildman–Crippen LogP) is 3.25. The van der Waals surface area contributed by atoms with Crippen molar-refractivity contribution in [1.82, 2.24) is 4.98 Å². The molecule has 0 unspecified atom stereocenters. The van der Waals surface area contributed by atoms with Crippen LogP contribution in [0.4, 0.5) is 11.4 Å². The lowest BCUT2D eigenvalue weighted by Crippen LogP contribution is -2.26. The highest BCUT2D eigenvalue weighted by Crippen LogP contribution is 2.30. The number of nitrogens with two attached hydrogens (primary N) is 1. The Hall–Kier alpha value is -3.20. The molecule has 0 aliphatic heterocycles. The van der Waals surface area contributed by atoms with Crippen LogP contribution in [0.3, 0.4) is 0 Å². The maximum Gasteiger partial charge on any atom is 0.277 e. The number of unbranched alkanes of at least 4 members (excludes halogenated alkanes) is 1. The molecule has 10 heteroatoms. The molecule has 0 radical (unpaired) electrons. The number of hydrazone groups is 1. The zero-order valence-corrected chi connectivity index (χ0v) is 15.4. The van der Waals surface area contributed by atoms with Crippen molar-refractivity contribution in [3.05, 3.63) is 62.9 Å². The van der Waals surface area contributed by atoms with E-state index in [1.165, 1.54) is 12.3 Å². The largest absolute Gasteiger partial charge is 0.366 e. The van der Waals surface area contributed by atoms with Crippen molar-refractivity contribution < 1.29 is 9.83 Å². The minimum atomic E-state index is -0.855. The Balaban J connectivity index is 2.47. The minimum absolute atomic E-state index is 0.162. The summed E-state index contributed by atoms with van der Waals surface area (Å²) < 4.78 is 0. The fourth-order valence-electron chi connectivity index (χ4n) is 2.42. The lowest BCUT2D eigenvalue weighted by Gasteiger charge is -2.17. The Labute approximate surface area is 160 Å². The van der Waals surface area contributed by atoms with Crippen molar-refractivity contribution >= 4 is 34.8 Å². The molecule has 0 bridgehead atoms. The summed E-state index contributed by atoms with van der Waals surface area (Å²) in [5, 5.41) is 19.4. The number of nitro groups is 1. The van der Waals surface area contributed by atoms with Crippen molar-refractivity contribution in [2.45, 2.75) is 26.2 Å². The van der Waals surface area contributed by atoms with E-state index in [1.807, 2.05) is 6.92 Å². The van der Waals surface area contributed by atoms with Gasteiger partial charge in [-0.1, -0.05) is 24.9 Å². The van der Waals surface area contributed by atoms with Crippen LogP contribution in [0.2, 0.25) is 5.02 Å². The summed E-state index contributed by atoms with van der Waals surface area (Å²) >= 11 is 6.29. The molecule has 1 aromatic carbocycles. The fraction of sp³-hybridized carbons (Fsp3) is 0.235. The van der Waals surface area contributed by atoms with Crippen LogP contribution in [-0.2, 0) is 6.42 Å². The summed E-state index contributed by atoms with van der Waals surface area (Å²) in [6.07, 6.45) is 5.32. The van der Waals surface area contributed by atoms with Gasteiger partial charge in [-0.05, 0) is 42.7 Å². The average molecular weight is 391 g/mol. The number of benzene rings is 1. The van der Waals surface area contributed by atoms with Crippen molar-refractivity contribution in [2.75, 3.05) is 10.6 Å². The van der Waals surface area contributed by atoms with E-state index >= 15 is 0 Å². The zero-order chi connectivity index (χ0) is 19.8. The average Bonchev–Trinajstić information content (AvgIpc) is 2.61. The zero-order valence-electron chi connectivity index (χ0n) is 14.6. The van der Waals surface area contributed by atoms with Gasteiger partial charge in [0.15, 0.2) is 5.03 Å². The molecule has 0 saturated carbocycles.